The molecule has 3 aliphatic heterocycles. The second-order valence-corrected chi connectivity index (χ2v) is 5.70. The number of hydrogen-bond acceptors (Lipinski definition) is 3. The van der Waals surface area contributed by atoms with Crippen molar-refractivity contribution in [1.29, 1.82) is 0 Å². The largest absolute Gasteiger partial charge is 0.372 e. The lowest BCUT2D eigenvalue weighted by Crippen LogP contribution is -2.43. The van der Waals surface area contributed by atoms with E-state index in [9.17, 15) is 0 Å². The molecular formula is C13H24N2O. The maximum absolute atomic E-state index is 5.87. The molecule has 3 fully saturated rings. The van der Waals surface area contributed by atoms with Crippen LogP contribution in [0.2, 0.25) is 0 Å². The summed E-state index contributed by atoms with van der Waals surface area (Å²) in [7, 11) is 0. The predicted molar refractivity (Wildman–Crippen MR) is 64.5 cm³/mol. The van der Waals surface area contributed by atoms with Crippen LogP contribution in [0, 0.1) is 5.92 Å². The summed E-state index contributed by atoms with van der Waals surface area (Å²) in [6, 6.07) is 0. The lowest BCUT2D eigenvalue weighted by Gasteiger charge is -2.33. The van der Waals surface area contributed by atoms with Crippen molar-refractivity contribution in [2.45, 2.75) is 44.3 Å². The third-order valence-electron chi connectivity index (χ3n) is 4.43. The maximum Gasteiger partial charge on any atom is 0.0707 e. The van der Waals surface area contributed by atoms with Gasteiger partial charge >= 0.3 is 0 Å². The van der Waals surface area contributed by atoms with Crippen LogP contribution in [0.4, 0.5) is 0 Å². The highest BCUT2D eigenvalue weighted by Crippen LogP contribution is 2.27. The Morgan fingerprint density at radius 1 is 1.00 bits per heavy atom. The van der Waals surface area contributed by atoms with E-state index in [4.69, 9.17) is 4.74 Å². The molecule has 3 saturated heterocycles. The van der Waals surface area contributed by atoms with Gasteiger partial charge in [0, 0.05) is 13.1 Å². The van der Waals surface area contributed by atoms with Crippen molar-refractivity contribution in [3.05, 3.63) is 0 Å². The van der Waals surface area contributed by atoms with Gasteiger partial charge in [0.2, 0.25) is 0 Å². The Morgan fingerprint density at radius 3 is 2.38 bits per heavy atom. The Hall–Kier alpha value is -0.120. The number of likely N-dealkylation sites (tertiary alicyclic amines) is 1. The first-order chi connectivity index (χ1) is 7.90. The first-order valence-corrected chi connectivity index (χ1v) is 6.98. The summed E-state index contributed by atoms with van der Waals surface area (Å²) in [6.45, 7) is 6.17. The number of hydrogen-bond donors (Lipinski definition) is 1. The van der Waals surface area contributed by atoms with Crippen LogP contribution < -0.4 is 5.32 Å². The number of piperidine rings is 1. The molecule has 3 heterocycles. The van der Waals surface area contributed by atoms with Gasteiger partial charge in [0.15, 0.2) is 0 Å². The van der Waals surface area contributed by atoms with E-state index in [1.54, 1.807) is 0 Å². The third-order valence-corrected chi connectivity index (χ3v) is 4.43. The molecule has 0 spiro atoms. The van der Waals surface area contributed by atoms with Crippen LogP contribution in [0.15, 0.2) is 0 Å². The molecule has 0 aromatic heterocycles. The molecule has 0 saturated carbocycles. The van der Waals surface area contributed by atoms with Gasteiger partial charge in [-0.05, 0) is 57.7 Å². The molecule has 2 atom stereocenters. The highest BCUT2D eigenvalue weighted by molar-refractivity contribution is 4.85. The van der Waals surface area contributed by atoms with Gasteiger partial charge in [0.1, 0.15) is 0 Å². The van der Waals surface area contributed by atoms with E-state index in [-0.39, 0.29) is 0 Å². The Bertz CT molecular complexity index is 216. The summed E-state index contributed by atoms with van der Waals surface area (Å²) in [5.74, 6) is 0.974. The summed E-state index contributed by atoms with van der Waals surface area (Å²) < 4.78 is 5.87. The molecule has 0 aliphatic carbocycles. The average molecular weight is 224 g/mol. The van der Waals surface area contributed by atoms with E-state index in [2.05, 4.69) is 10.2 Å². The van der Waals surface area contributed by atoms with E-state index in [0.717, 1.165) is 5.92 Å². The Morgan fingerprint density at radius 2 is 1.69 bits per heavy atom. The average Bonchev–Trinajstić information content (AvgIpc) is 2.67. The maximum atomic E-state index is 5.87. The molecule has 1 N–H and O–H groups in total. The van der Waals surface area contributed by atoms with Gasteiger partial charge in [0.25, 0.3) is 0 Å². The number of nitrogens with one attached hydrogen (secondary N) is 1. The monoisotopic (exact) mass is 224 g/mol. The molecule has 3 rings (SSSR count). The van der Waals surface area contributed by atoms with Gasteiger partial charge in [-0.3, -0.25) is 4.90 Å². The van der Waals surface area contributed by atoms with Crippen molar-refractivity contribution in [3.8, 4) is 0 Å². The number of ether oxygens (including phenoxy) is 1. The van der Waals surface area contributed by atoms with Crippen LogP contribution >= 0.6 is 0 Å². The van der Waals surface area contributed by atoms with Crippen LogP contribution in [0.5, 0.6) is 0 Å². The minimum Gasteiger partial charge on any atom is -0.372 e. The molecule has 0 aromatic carbocycles. The van der Waals surface area contributed by atoms with Crippen LogP contribution in [0.25, 0.3) is 0 Å². The van der Waals surface area contributed by atoms with Gasteiger partial charge < -0.3 is 10.1 Å². The number of rotatable bonds is 3. The summed E-state index contributed by atoms with van der Waals surface area (Å²) >= 11 is 0. The quantitative estimate of drug-likeness (QED) is 0.780. The SMILES string of the molecule is C1CC(CCN2CC3CCC(C2)O3)CCN1. The second kappa shape index (κ2) is 5.03. The molecule has 3 nitrogen and oxygen atoms in total. The second-order valence-electron chi connectivity index (χ2n) is 5.70. The van der Waals surface area contributed by atoms with Crippen molar-refractivity contribution >= 4 is 0 Å². The zero-order chi connectivity index (χ0) is 10.8. The molecule has 0 radical (unpaired) electrons. The van der Waals surface area contributed by atoms with Crippen molar-refractivity contribution in [2.24, 2.45) is 5.92 Å². The van der Waals surface area contributed by atoms with Crippen molar-refractivity contribution in [3.63, 3.8) is 0 Å². The Balaban J connectivity index is 1.41. The summed E-state index contributed by atoms with van der Waals surface area (Å²) in [5.41, 5.74) is 0. The fourth-order valence-corrected chi connectivity index (χ4v) is 3.42. The first-order valence-electron chi connectivity index (χ1n) is 6.98. The minimum atomic E-state index is 0.562. The fourth-order valence-electron chi connectivity index (χ4n) is 3.42. The number of fused-ring (bicyclic) bond motifs is 2. The first kappa shape index (κ1) is 11.0. The van der Waals surface area contributed by atoms with E-state index < -0.39 is 0 Å². The Kier molecular flexibility index (Phi) is 3.46. The topological polar surface area (TPSA) is 24.5 Å². The molecule has 3 heteroatoms. The molecule has 92 valence electrons. The molecule has 2 unspecified atom stereocenters. The van der Waals surface area contributed by atoms with E-state index >= 15 is 0 Å². The van der Waals surface area contributed by atoms with Crippen LogP contribution in [0.1, 0.15) is 32.1 Å². The highest BCUT2D eigenvalue weighted by atomic mass is 16.5. The van der Waals surface area contributed by atoms with E-state index in [1.165, 1.54) is 64.8 Å². The minimum absolute atomic E-state index is 0.562. The molecule has 3 aliphatic rings. The van der Waals surface area contributed by atoms with Gasteiger partial charge in [0.05, 0.1) is 12.2 Å². The van der Waals surface area contributed by atoms with E-state index in [0.29, 0.717) is 12.2 Å². The molecule has 2 bridgehead atoms. The molecular weight excluding hydrogens is 200 g/mol. The number of nitrogens with zero attached hydrogens (tertiary/aromatic N) is 1. The number of morpholine rings is 1. The Labute approximate surface area is 98.5 Å². The highest BCUT2D eigenvalue weighted by Gasteiger charge is 2.33. The zero-order valence-electron chi connectivity index (χ0n) is 10.2. The van der Waals surface area contributed by atoms with Crippen molar-refractivity contribution in [2.75, 3.05) is 32.7 Å². The summed E-state index contributed by atoms with van der Waals surface area (Å²) in [4.78, 5) is 2.65. The lowest BCUT2D eigenvalue weighted by atomic mass is 9.94. The molecule has 0 aromatic rings. The van der Waals surface area contributed by atoms with Crippen molar-refractivity contribution in [1.82, 2.24) is 10.2 Å². The van der Waals surface area contributed by atoms with Gasteiger partial charge in [-0.15, -0.1) is 0 Å². The third kappa shape index (κ3) is 2.58. The van der Waals surface area contributed by atoms with Crippen LogP contribution in [0.3, 0.4) is 0 Å². The van der Waals surface area contributed by atoms with Crippen LogP contribution in [-0.4, -0.2) is 49.8 Å². The summed E-state index contributed by atoms with van der Waals surface area (Å²) in [6.07, 6.45) is 7.90. The molecule has 16 heavy (non-hydrogen) atoms. The van der Waals surface area contributed by atoms with Crippen molar-refractivity contribution < 1.29 is 4.74 Å². The summed E-state index contributed by atoms with van der Waals surface area (Å²) in [5, 5.41) is 3.44. The smallest absolute Gasteiger partial charge is 0.0707 e. The predicted octanol–water partition coefficient (Wildman–Crippen LogP) is 1.24. The molecule has 0 amide bonds. The standard InChI is InChI=1S/C13H24N2O/c1-2-13-10-15(9-12(1)16-13)8-5-11-3-6-14-7-4-11/h11-14H,1-10H2. The van der Waals surface area contributed by atoms with E-state index in [1.807, 2.05) is 0 Å². The van der Waals surface area contributed by atoms with Gasteiger partial charge in [-0.2, -0.15) is 0 Å². The lowest BCUT2D eigenvalue weighted by molar-refractivity contribution is -0.0397. The van der Waals surface area contributed by atoms with Gasteiger partial charge in [-0.25, -0.2) is 0 Å². The zero-order valence-corrected chi connectivity index (χ0v) is 10.2. The normalized spacial score (nSPS) is 36.8. The van der Waals surface area contributed by atoms with Gasteiger partial charge in [-0.1, -0.05) is 0 Å². The van der Waals surface area contributed by atoms with Crippen LogP contribution in [-0.2, 0) is 4.74 Å². The fraction of sp³-hybridized carbons (Fsp3) is 1.00.